The fourth-order valence-electron chi connectivity index (χ4n) is 2.15. The number of carbonyl (C=O) groups is 1. The summed E-state index contributed by atoms with van der Waals surface area (Å²) in [4.78, 5) is 12.9. The summed E-state index contributed by atoms with van der Waals surface area (Å²) in [6.45, 7) is 6.25. The molecule has 1 aromatic carbocycles. The van der Waals surface area contributed by atoms with E-state index in [9.17, 15) is 4.79 Å². The molecule has 1 N–H and O–H groups in total. The highest BCUT2D eigenvalue weighted by molar-refractivity contribution is 5.69. The molecule has 1 atom stereocenters. The maximum atomic E-state index is 10.9. The summed E-state index contributed by atoms with van der Waals surface area (Å²) in [5.41, 5.74) is 1.19. The average Bonchev–Trinajstić information content (AvgIpc) is 2.29. The predicted octanol–water partition coefficient (Wildman–Crippen LogP) is 2.93. The van der Waals surface area contributed by atoms with Crippen LogP contribution < -0.4 is 0 Å². The Balaban J connectivity index is 2.93. The zero-order valence-corrected chi connectivity index (χ0v) is 10.8. The van der Waals surface area contributed by atoms with Gasteiger partial charge in [-0.15, -0.1) is 0 Å². The summed E-state index contributed by atoms with van der Waals surface area (Å²) in [5.74, 6) is -0.770. The largest absolute Gasteiger partial charge is 0.480 e. The second kappa shape index (κ2) is 6.40. The zero-order chi connectivity index (χ0) is 12.8. The molecule has 0 saturated carbocycles. The Hall–Kier alpha value is -1.35. The van der Waals surface area contributed by atoms with Crippen LogP contribution in [-0.4, -0.2) is 28.6 Å². The number of aliphatic carboxylic acids is 1. The van der Waals surface area contributed by atoms with Crippen molar-refractivity contribution in [2.45, 2.75) is 39.3 Å². The summed E-state index contributed by atoms with van der Waals surface area (Å²) in [7, 11) is 0. The van der Waals surface area contributed by atoms with Crippen LogP contribution in [0.3, 0.4) is 0 Å². The lowest BCUT2D eigenvalue weighted by Crippen LogP contribution is -2.38. The third-order valence-corrected chi connectivity index (χ3v) is 2.95. The lowest BCUT2D eigenvalue weighted by atomic mass is 10.0. The van der Waals surface area contributed by atoms with Gasteiger partial charge < -0.3 is 5.11 Å². The number of carboxylic acids is 1. The Morgan fingerprint density at radius 3 is 2.29 bits per heavy atom. The van der Waals surface area contributed by atoms with E-state index in [4.69, 9.17) is 5.11 Å². The van der Waals surface area contributed by atoms with Crippen LogP contribution in [0.15, 0.2) is 30.3 Å². The van der Waals surface area contributed by atoms with Crippen LogP contribution in [0.4, 0.5) is 0 Å². The van der Waals surface area contributed by atoms with Crippen molar-refractivity contribution in [1.29, 1.82) is 0 Å². The molecule has 0 fully saturated rings. The molecule has 0 aliphatic rings. The van der Waals surface area contributed by atoms with Crippen molar-refractivity contribution in [3.63, 3.8) is 0 Å². The van der Waals surface area contributed by atoms with E-state index in [1.54, 1.807) is 0 Å². The zero-order valence-electron chi connectivity index (χ0n) is 10.8. The van der Waals surface area contributed by atoms with Gasteiger partial charge in [0.25, 0.3) is 0 Å². The highest BCUT2D eigenvalue weighted by Crippen LogP contribution is 2.25. The normalized spacial score (nSPS) is 13.0. The van der Waals surface area contributed by atoms with Gasteiger partial charge in [0.1, 0.15) is 0 Å². The van der Waals surface area contributed by atoms with Gasteiger partial charge >= 0.3 is 5.97 Å². The minimum atomic E-state index is -0.770. The maximum Gasteiger partial charge on any atom is 0.317 e. The minimum absolute atomic E-state index is 0.0884. The van der Waals surface area contributed by atoms with Crippen molar-refractivity contribution in [2.24, 2.45) is 0 Å². The molecule has 0 radical (unpaired) electrons. The molecule has 0 spiro atoms. The third-order valence-electron chi connectivity index (χ3n) is 2.95. The molecule has 0 amide bonds. The molecular formula is C14H21NO2. The Kier molecular flexibility index (Phi) is 5.16. The highest BCUT2D eigenvalue weighted by Gasteiger charge is 2.23. The van der Waals surface area contributed by atoms with Gasteiger partial charge in [0, 0.05) is 12.1 Å². The van der Waals surface area contributed by atoms with Gasteiger partial charge in [-0.2, -0.15) is 0 Å². The number of hydrogen-bond acceptors (Lipinski definition) is 2. The number of rotatable bonds is 6. The molecule has 3 nitrogen and oxygen atoms in total. The lowest BCUT2D eigenvalue weighted by Gasteiger charge is -2.33. The van der Waals surface area contributed by atoms with Gasteiger partial charge in [0.2, 0.25) is 0 Å². The van der Waals surface area contributed by atoms with Gasteiger partial charge in [-0.3, -0.25) is 9.69 Å². The van der Waals surface area contributed by atoms with Crippen LogP contribution in [0.5, 0.6) is 0 Å². The first kappa shape index (κ1) is 13.7. The van der Waals surface area contributed by atoms with Gasteiger partial charge in [-0.05, 0) is 25.8 Å². The summed E-state index contributed by atoms with van der Waals surface area (Å²) in [5, 5.41) is 8.98. The van der Waals surface area contributed by atoms with Gasteiger partial charge in [-0.1, -0.05) is 37.3 Å². The van der Waals surface area contributed by atoms with Crippen molar-refractivity contribution >= 4 is 5.97 Å². The average molecular weight is 235 g/mol. The van der Waals surface area contributed by atoms with E-state index in [1.807, 2.05) is 36.9 Å². The first-order valence-electron chi connectivity index (χ1n) is 6.08. The molecule has 0 aromatic heterocycles. The predicted molar refractivity (Wildman–Crippen MR) is 69.0 cm³/mol. The highest BCUT2D eigenvalue weighted by atomic mass is 16.4. The molecule has 1 rings (SSSR count). The van der Waals surface area contributed by atoms with Crippen molar-refractivity contribution in [3.8, 4) is 0 Å². The number of carboxylic acid groups (broad SMARTS) is 1. The quantitative estimate of drug-likeness (QED) is 0.824. The summed E-state index contributed by atoms with van der Waals surface area (Å²) < 4.78 is 0. The molecule has 3 heteroatoms. The molecule has 0 bridgehead atoms. The Bertz CT molecular complexity index is 348. The van der Waals surface area contributed by atoms with E-state index < -0.39 is 5.97 Å². The molecule has 17 heavy (non-hydrogen) atoms. The molecular weight excluding hydrogens is 214 g/mol. The van der Waals surface area contributed by atoms with Crippen LogP contribution in [0.1, 0.15) is 38.8 Å². The second-order valence-corrected chi connectivity index (χ2v) is 4.49. The first-order valence-corrected chi connectivity index (χ1v) is 6.08. The summed E-state index contributed by atoms with van der Waals surface area (Å²) in [6.07, 6.45) is 0.912. The number of benzene rings is 1. The summed E-state index contributed by atoms with van der Waals surface area (Å²) in [6, 6.07) is 10.5. The van der Waals surface area contributed by atoms with Gasteiger partial charge in [0.15, 0.2) is 0 Å². The SMILES string of the molecule is CC[C@@H](c1ccccc1)N(CC(=O)O)C(C)C. The summed E-state index contributed by atoms with van der Waals surface area (Å²) >= 11 is 0. The molecule has 0 aliphatic carbocycles. The van der Waals surface area contributed by atoms with E-state index in [2.05, 4.69) is 19.1 Å². The Labute approximate surface area is 103 Å². The molecule has 1 aromatic rings. The van der Waals surface area contributed by atoms with Crippen LogP contribution >= 0.6 is 0 Å². The van der Waals surface area contributed by atoms with Crippen LogP contribution in [0.2, 0.25) is 0 Å². The van der Waals surface area contributed by atoms with Crippen LogP contribution in [0, 0.1) is 0 Å². The number of nitrogens with zero attached hydrogens (tertiary/aromatic N) is 1. The monoisotopic (exact) mass is 235 g/mol. The van der Waals surface area contributed by atoms with Crippen LogP contribution in [0.25, 0.3) is 0 Å². The Morgan fingerprint density at radius 1 is 1.29 bits per heavy atom. The maximum absolute atomic E-state index is 10.9. The third kappa shape index (κ3) is 3.86. The minimum Gasteiger partial charge on any atom is -0.480 e. The molecule has 94 valence electrons. The van der Waals surface area contributed by atoms with E-state index >= 15 is 0 Å². The van der Waals surface area contributed by atoms with Crippen molar-refractivity contribution in [2.75, 3.05) is 6.54 Å². The van der Waals surface area contributed by atoms with E-state index in [0.717, 1.165) is 6.42 Å². The van der Waals surface area contributed by atoms with E-state index in [-0.39, 0.29) is 18.6 Å². The van der Waals surface area contributed by atoms with Crippen LogP contribution in [-0.2, 0) is 4.79 Å². The van der Waals surface area contributed by atoms with Crippen molar-refractivity contribution in [3.05, 3.63) is 35.9 Å². The van der Waals surface area contributed by atoms with Crippen molar-refractivity contribution < 1.29 is 9.90 Å². The fourth-order valence-corrected chi connectivity index (χ4v) is 2.15. The van der Waals surface area contributed by atoms with Gasteiger partial charge in [0.05, 0.1) is 6.54 Å². The molecule has 0 aliphatic heterocycles. The fraction of sp³-hybridized carbons (Fsp3) is 0.500. The lowest BCUT2D eigenvalue weighted by molar-refractivity contribution is -0.139. The number of hydrogen-bond donors (Lipinski definition) is 1. The van der Waals surface area contributed by atoms with E-state index in [1.165, 1.54) is 5.56 Å². The van der Waals surface area contributed by atoms with Gasteiger partial charge in [-0.25, -0.2) is 0 Å². The topological polar surface area (TPSA) is 40.5 Å². The standard InChI is InChI=1S/C14H21NO2/c1-4-13(12-8-6-5-7-9-12)15(11(2)3)10-14(16)17/h5-9,11,13H,4,10H2,1-3H3,(H,16,17)/t13-/m0/s1. The smallest absolute Gasteiger partial charge is 0.317 e. The molecule has 0 saturated heterocycles. The second-order valence-electron chi connectivity index (χ2n) is 4.49. The Morgan fingerprint density at radius 2 is 1.88 bits per heavy atom. The molecule has 0 unspecified atom stereocenters. The van der Waals surface area contributed by atoms with E-state index in [0.29, 0.717) is 0 Å². The first-order chi connectivity index (χ1) is 8.06. The molecule has 0 heterocycles. The van der Waals surface area contributed by atoms with Crippen molar-refractivity contribution in [1.82, 2.24) is 4.90 Å².